The predicted octanol–water partition coefficient (Wildman–Crippen LogP) is 3.37. The Labute approximate surface area is 170 Å². The summed E-state index contributed by atoms with van der Waals surface area (Å²) in [5.41, 5.74) is 1.90. The summed E-state index contributed by atoms with van der Waals surface area (Å²) in [5, 5.41) is 7.72. The first-order chi connectivity index (χ1) is 14.2. The molecule has 2 N–H and O–H groups in total. The van der Waals surface area contributed by atoms with Gasteiger partial charge >= 0.3 is 0 Å². The number of ether oxygens (including phenoxy) is 3. The van der Waals surface area contributed by atoms with Gasteiger partial charge in [-0.1, -0.05) is 18.2 Å². The number of rotatable bonds is 8. The molecule has 7 nitrogen and oxygen atoms in total. The van der Waals surface area contributed by atoms with Gasteiger partial charge in [0.25, 0.3) is 0 Å². The van der Waals surface area contributed by atoms with Crippen LogP contribution in [0.1, 0.15) is 11.3 Å². The van der Waals surface area contributed by atoms with Crippen molar-refractivity contribution in [3.05, 3.63) is 53.8 Å². The zero-order valence-corrected chi connectivity index (χ0v) is 17.2. The molecule has 0 aliphatic rings. The lowest BCUT2D eigenvalue weighted by atomic mass is 10.2. The van der Waals surface area contributed by atoms with Gasteiger partial charge in [0.2, 0.25) is 5.75 Å². The lowest BCUT2D eigenvalue weighted by Crippen LogP contribution is -2.37. The van der Waals surface area contributed by atoms with Crippen molar-refractivity contribution < 1.29 is 18.6 Å². The zero-order valence-electron chi connectivity index (χ0n) is 17.2. The molecule has 0 atom stereocenters. The molecule has 2 aromatic carbocycles. The first-order valence-electron chi connectivity index (χ1n) is 9.39. The number of methoxy groups -OCH3 is 3. The monoisotopic (exact) mass is 397 g/mol. The van der Waals surface area contributed by atoms with Crippen LogP contribution in [-0.4, -0.2) is 40.9 Å². The second kappa shape index (κ2) is 9.73. The number of hydrogen-bond acceptors (Lipinski definition) is 5. The van der Waals surface area contributed by atoms with Crippen molar-refractivity contribution in [2.24, 2.45) is 4.99 Å². The number of para-hydroxylation sites is 1. The summed E-state index contributed by atoms with van der Waals surface area (Å²) in [4.78, 5) is 4.27. The molecule has 0 radical (unpaired) electrons. The summed E-state index contributed by atoms with van der Waals surface area (Å²) < 4.78 is 22.0. The number of nitrogens with zero attached hydrogens (tertiary/aromatic N) is 1. The molecule has 3 aromatic rings. The topological polar surface area (TPSA) is 77.3 Å². The molecule has 0 unspecified atom stereocenters. The summed E-state index contributed by atoms with van der Waals surface area (Å²) in [5.74, 6) is 3.47. The third-order valence-electron chi connectivity index (χ3n) is 4.55. The van der Waals surface area contributed by atoms with Crippen LogP contribution in [0.5, 0.6) is 17.2 Å². The fourth-order valence-corrected chi connectivity index (χ4v) is 3.11. The highest BCUT2D eigenvalue weighted by Crippen LogP contribution is 2.38. The van der Waals surface area contributed by atoms with Gasteiger partial charge in [0.05, 0.1) is 21.3 Å². The van der Waals surface area contributed by atoms with E-state index >= 15 is 0 Å². The Morgan fingerprint density at radius 2 is 1.69 bits per heavy atom. The standard InChI is InChI=1S/C22H27N3O4/c1-23-22(24-10-9-17-13-16-7-5-6-8-18(16)29-17)25-14-15-11-19(26-2)21(28-4)20(12-15)27-3/h5-8,11-13H,9-10,14H2,1-4H3,(H2,23,24,25). The summed E-state index contributed by atoms with van der Waals surface area (Å²) >= 11 is 0. The number of aliphatic imine (C=N–C) groups is 1. The van der Waals surface area contributed by atoms with Gasteiger partial charge in [-0.25, -0.2) is 0 Å². The van der Waals surface area contributed by atoms with Crippen LogP contribution in [-0.2, 0) is 13.0 Å². The van der Waals surface area contributed by atoms with E-state index < -0.39 is 0 Å². The number of furan rings is 1. The summed E-state index contributed by atoms with van der Waals surface area (Å²) in [6, 6.07) is 13.9. The number of hydrogen-bond donors (Lipinski definition) is 2. The molecule has 1 heterocycles. The van der Waals surface area contributed by atoms with E-state index in [4.69, 9.17) is 18.6 Å². The van der Waals surface area contributed by atoms with Crippen LogP contribution in [0.25, 0.3) is 11.0 Å². The van der Waals surface area contributed by atoms with Crippen molar-refractivity contribution >= 4 is 16.9 Å². The first kappa shape index (κ1) is 20.4. The molecule has 0 fully saturated rings. The number of fused-ring (bicyclic) bond motifs is 1. The van der Waals surface area contributed by atoms with E-state index in [1.54, 1.807) is 28.4 Å². The molecule has 0 spiro atoms. The van der Waals surface area contributed by atoms with Crippen molar-refractivity contribution in [1.29, 1.82) is 0 Å². The van der Waals surface area contributed by atoms with Crippen molar-refractivity contribution in [3.63, 3.8) is 0 Å². The van der Waals surface area contributed by atoms with Gasteiger partial charge in [-0.2, -0.15) is 0 Å². The van der Waals surface area contributed by atoms with Crippen LogP contribution in [0, 0.1) is 0 Å². The van der Waals surface area contributed by atoms with Gasteiger partial charge in [0, 0.05) is 31.9 Å². The Morgan fingerprint density at radius 1 is 0.966 bits per heavy atom. The van der Waals surface area contributed by atoms with E-state index in [2.05, 4.69) is 21.7 Å². The van der Waals surface area contributed by atoms with Gasteiger partial charge in [0.1, 0.15) is 11.3 Å². The van der Waals surface area contributed by atoms with Crippen LogP contribution in [0.4, 0.5) is 0 Å². The fourth-order valence-electron chi connectivity index (χ4n) is 3.11. The maximum atomic E-state index is 5.85. The van der Waals surface area contributed by atoms with Gasteiger partial charge in [-0.3, -0.25) is 4.99 Å². The smallest absolute Gasteiger partial charge is 0.203 e. The summed E-state index contributed by atoms with van der Waals surface area (Å²) in [6.45, 7) is 1.26. The average molecular weight is 397 g/mol. The Bertz CT molecular complexity index is 923. The quantitative estimate of drug-likeness (QED) is 0.448. The maximum absolute atomic E-state index is 5.85. The zero-order chi connectivity index (χ0) is 20.6. The average Bonchev–Trinajstić information content (AvgIpc) is 3.17. The molecule has 0 bridgehead atoms. The number of guanidine groups is 1. The predicted molar refractivity (Wildman–Crippen MR) is 114 cm³/mol. The minimum Gasteiger partial charge on any atom is -0.493 e. The Morgan fingerprint density at radius 3 is 2.31 bits per heavy atom. The molecule has 7 heteroatoms. The van der Waals surface area contributed by atoms with Gasteiger partial charge in [-0.15, -0.1) is 0 Å². The Balaban J connectivity index is 1.56. The number of nitrogens with one attached hydrogen (secondary N) is 2. The van der Waals surface area contributed by atoms with Crippen LogP contribution in [0.15, 0.2) is 51.9 Å². The van der Waals surface area contributed by atoms with E-state index in [0.29, 0.717) is 36.3 Å². The summed E-state index contributed by atoms with van der Waals surface area (Å²) in [7, 11) is 6.54. The van der Waals surface area contributed by atoms with Gasteiger partial charge in [-0.05, 0) is 29.8 Å². The second-order valence-electron chi connectivity index (χ2n) is 6.39. The molecular weight excluding hydrogens is 370 g/mol. The molecule has 0 saturated carbocycles. The molecule has 3 rings (SSSR count). The van der Waals surface area contributed by atoms with Gasteiger partial charge in [0.15, 0.2) is 17.5 Å². The third kappa shape index (κ3) is 4.93. The van der Waals surface area contributed by atoms with Crippen LogP contribution in [0.2, 0.25) is 0 Å². The molecule has 0 aliphatic heterocycles. The van der Waals surface area contributed by atoms with Crippen molar-refractivity contribution in [2.75, 3.05) is 34.9 Å². The summed E-state index contributed by atoms with van der Waals surface area (Å²) in [6.07, 6.45) is 0.763. The fraction of sp³-hybridized carbons (Fsp3) is 0.318. The van der Waals surface area contributed by atoms with E-state index in [0.717, 1.165) is 28.7 Å². The lowest BCUT2D eigenvalue weighted by molar-refractivity contribution is 0.323. The van der Waals surface area contributed by atoms with Gasteiger partial charge < -0.3 is 29.3 Å². The third-order valence-corrected chi connectivity index (χ3v) is 4.55. The molecule has 0 saturated heterocycles. The molecule has 0 amide bonds. The molecule has 154 valence electrons. The SMILES string of the molecule is CN=C(NCCc1cc2ccccc2o1)NCc1cc(OC)c(OC)c(OC)c1. The molecule has 1 aromatic heterocycles. The van der Waals surface area contributed by atoms with E-state index in [9.17, 15) is 0 Å². The molecule has 29 heavy (non-hydrogen) atoms. The van der Waals surface area contributed by atoms with Crippen LogP contribution in [0.3, 0.4) is 0 Å². The highest BCUT2D eigenvalue weighted by molar-refractivity contribution is 5.80. The Kier molecular flexibility index (Phi) is 6.84. The van der Waals surface area contributed by atoms with Crippen molar-refractivity contribution in [1.82, 2.24) is 10.6 Å². The highest BCUT2D eigenvalue weighted by atomic mass is 16.5. The maximum Gasteiger partial charge on any atom is 0.203 e. The molecular formula is C22H27N3O4. The normalized spacial score (nSPS) is 11.4. The van der Waals surface area contributed by atoms with E-state index in [1.807, 2.05) is 36.4 Å². The first-order valence-corrected chi connectivity index (χ1v) is 9.39. The van der Waals surface area contributed by atoms with Crippen molar-refractivity contribution in [3.8, 4) is 17.2 Å². The van der Waals surface area contributed by atoms with E-state index in [-0.39, 0.29) is 0 Å². The minimum absolute atomic E-state index is 0.557. The van der Waals surface area contributed by atoms with E-state index in [1.165, 1.54) is 0 Å². The Hall–Kier alpha value is -3.35. The largest absolute Gasteiger partial charge is 0.493 e. The van der Waals surface area contributed by atoms with Crippen LogP contribution < -0.4 is 24.8 Å². The highest BCUT2D eigenvalue weighted by Gasteiger charge is 2.13. The lowest BCUT2D eigenvalue weighted by Gasteiger charge is -2.15. The van der Waals surface area contributed by atoms with Crippen molar-refractivity contribution in [2.45, 2.75) is 13.0 Å². The minimum atomic E-state index is 0.557. The molecule has 0 aliphatic carbocycles. The second-order valence-corrected chi connectivity index (χ2v) is 6.39. The number of benzene rings is 2. The van der Waals surface area contributed by atoms with Crippen LogP contribution >= 0.6 is 0 Å².